The monoisotopic (exact) mass is 507 g/mol. The average molecular weight is 508 g/mol. The zero-order chi connectivity index (χ0) is 25.8. The van der Waals surface area contributed by atoms with Crippen LogP contribution in [0.25, 0.3) is 5.76 Å². The molecule has 4 rings (SSSR count). The summed E-state index contributed by atoms with van der Waals surface area (Å²) in [5.41, 5.74) is 1.17. The lowest BCUT2D eigenvalue weighted by Crippen LogP contribution is -2.29. The van der Waals surface area contributed by atoms with Crippen LogP contribution in [-0.4, -0.2) is 37.1 Å². The highest BCUT2D eigenvalue weighted by Gasteiger charge is 2.47. The van der Waals surface area contributed by atoms with Crippen LogP contribution in [0.3, 0.4) is 0 Å². The van der Waals surface area contributed by atoms with Crippen molar-refractivity contribution in [2.75, 3.05) is 25.2 Å². The number of carbonyl (C=O) groups excluding carboxylic acids is 2. The number of aliphatic hydroxyl groups is 1. The van der Waals surface area contributed by atoms with Gasteiger partial charge in [0.2, 0.25) is 0 Å². The largest absolute Gasteiger partial charge is 0.507 e. The first kappa shape index (κ1) is 25.1. The molecule has 1 saturated heterocycles. The number of Topliss-reactive ketones (excluding diaryl/α,β-unsaturated/α-hetero) is 1. The standard InChI is InChI=1S/C28H26ClNO6/c1-4-35-19-11-9-18(10-12-19)30-25(17-7-6-8-21(15-17)36-5-2)24(27(32)28(30)33)26(31)22-16-20(34-3)13-14-23(22)29/h6-16,25,31H,4-5H2,1-3H3/b26-24+. The third-order valence-electron chi connectivity index (χ3n) is 5.78. The van der Waals surface area contributed by atoms with Gasteiger partial charge in [0, 0.05) is 11.3 Å². The van der Waals surface area contributed by atoms with Gasteiger partial charge >= 0.3 is 0 Å². The molecule has 1 aliphatic heterocycles. The van der Waals surface area contributed by atoms with E-state index in [4.69, 9.17) is 25.8 Å². The summed E-state index contributed by atoms with van der Waals surface area (Å²) in [7, 11) is 1.48. The fourth-order valence-corrected chi connectivity index (χ4v) is 4.39. The van der Waals surface area contributed by atoms with Gasteiger partial charge in [-0.15, -0.1) is 0 Å². The number of nitrogens with zero attached hydrogens (tertiary/aromatic N) is 1. The molecule has 36 heavy (non-hydrogen) atoms. The number of benzene rings is 3. The van der Waals surface area contributed by atoms with Gasteiger partial charge in [0.15, 0.2) is 0 Å². The quantitative estimate of drug-likeness (QED) is 0.236. The maximum absolute atomic E-state index is 13.4. The number of amides is 1. The van der Waals surface area contributed by atoms with Crippen LogP contribution in [0.5, 0.6) is 17.2 Å². The van der Waals surface area contributed by atoms with E-state index in [2.05, 4.69) is 0 Å². The van der Waals surface area contributed by atoms with E-state index >= 15 is 0 Å². The summed E-state index contributed by atoms with van der Waals surface area (Å²) in [6.07, 6.45) is 0. The Kier molecular flexibility index (Phi) is 7.50. The summed E-state index contributed by atoms with van der Waals surface area (Å²) >= 11 is 6.38. The topological polar surface area (TPSA) is 85.3 Å². The lowest BCUT2D eigenvalue weighted by molar-refractivity contribution is -0.132. The Morgan fingerprint density at radius 3 is 2.25 bits per heavy atom. The number of ketones is 1. The van der Waals surface area contributed by atoms with Gasteiger partial charge in [-0.2, -0.15) is 0 Å². The first-order chi connectivity index (χ1) is 17.4. The summed E-state index contributed by atoms with van der Waals surface area (Å²) in [6.45, 7) is 4.68. The minimum atomic E-state index is -0.925. The van der Waals surface area contributed by atoms with E-state index in [9.17, 15) is 14.7 Å². The predicted molar refractivity (Wildman–Crippen MR) is 138 cm³/mol. The van der Waals surface area contributed by atoms with Crippen molar-refractivity contribution in [3.05, 3.63) is 88.5 Å². The Labute approximate surface area is 214 Å². The fourth-order valence-electron chi connectivity index (χ4n) is 4.18. The second-order valence-corrected chi connectivity index (χ2v) is 8.35. The van der Waals surface area contributed by atoms with Gasteiger partial charge in [-0.25, -0.2) is 0 Å². The zero-order valence-corrected chi connectivity index (χ0v) is 20.9. The van der Waals surface area contributed by atoms with E-state index in [-0.39, 0.29) is 16.2 Å². The molecule has 0 bridgehead atoms. The molecule has 3 aromatic rings. The minimum Gasteiger partial charge on any atom is -0.507 e. The lowest BCUT2D eigenvalue weighted by Gasteiger charge is -2.26. The third kappa shape index (κ3) is 4.75. The molecule has 3 aromatic carbocycles. The average Bonchev–Trinajstić information content (AvgIpc) is 3.15. The number of halogens is 1. The Hall–Kier alpha value is -3.97. The molecule has 0 spiro atoms. The van der Waals surface area contributed by atoms with Crippen LogP contribution in [0.4, 0.5) is 5.69 Å². The van der Waals surface area contributed by atoms with Crippen LogP contribution < -0.4 is 19.1 Å². The lowest BCUT2D eigenvalue weighted by atomic mass is 9.95. The third-order valence-corrected chi connectivity index (χ3v) is 6.11. The molecule has 1 aliphatic rings. The number of hydrogen-bond donors (Lipinski definition) is 1. The highest BCUT2D eigenvalue weighted by Crippen LogP contribution is 2.44. The van der Waals surface area contributed by atoms with Gasteiger partial charge < -0.3 is 19.3 Å². The molecule has 1 fully saturated rings. The van der Waals surface area contributed by atoms with Gasteiger partial charge in [-0.1, -0.05) is 23.7 Å². The maximum Gasteiger partial charge on any atom is 0.300 e. The molecule has 1 atom stereocenters. The van der Waals surface area contributed by atoms with Crippen molar-refractivity contribution in [2.24, 2.45) is 0 Å². The van der Waals surface area contributed by atoms with Gasteiger partial charge in [0.05, 0.1) is 37.0 Å². The van der Waals surface area contributed by atoms with Crippen molar-refractivity contribution < 1.29 is 28.9 Å². The van der Waals surface area contributed by atoms with E-state index in [0.29, 0.717) is 41.7 Å². The number of aliphatic hydroxyl groups excluding tert-OH is 1. The summed E-state index contributed by atoms with van der Waals surface area (Å²) in [5.74, 6) is -0.338. The SMILES string of the molecule is CCOc1ccc(N2C(=O)C(=O)/C(=C(/O)c3cc(OC)ccc3Cl)C2c2cccc(OCC)c2)cc1. The minimum absolute atomic E-state index is 0.0855. The van der Waals surface area contributed by atoms with Crippen molar-refractivity contribution in [1.82, 2.24) is 0 Å². The highest BCUT2D eigenvalue weighted by molar-refractivity contribution is 6.52. The van der Waals surface area contributed by atoms with E-state index in [1.54, 1.807) is 60.7 Å². The van der Waals surface area contributed by atoms with Crippen molar-refractivity contribution in [3.63, 3.8) is 0 Å². The molecule has 0 saturated carbocycles. The number of rotatable bonds is 8. The highest BCUT2D eigenvalue weighted by atomic mass is 35.5. The van der Waals surface area contributed by atoms with Crippen LogP contribution in [0.15, 0.2) is 72.3 Å². The molecule has 0 radical (unpaired) electrons. The van der Waals surface area contributed by atoms with Crippen LogP contribution in [0.2, 0.25) is 5.02 Å². The predicted octanol–water partition coefficient (Wildman–Crippen LogP) is 5.77. The normalized spacial score (nSPS) is 16.8. The molecule has 1 amide bonds. The van der Waals surface area contributed by atoms with Gasteiger partial charge in [0.25, 0.3) is 11.7 Å². The van der Waals surface area contributed by atoms with E-state index < -0.39 is 23.5 Å². The Morgan fingerprint density at radius 2 is 1.58 bits per heavy atom. The molecule has 8 heteroatoms. The van der Waals surface area contributed by atoms with Crippen molar-refractivity contribution in [1.29, 1.82) is 0 Å². The van der Waals surface area contributed by atoms with Gasteiger partial charge in [0.1, 0.15) is 23.0 Å². The summed E-state index contributed by atoms with van der Waals surface area (Å²) in [4.78, 5) is 28.1. The molecule has 0 aliphatic carbocycles. The summed E-state index contributed by atoms with van der Waals surface area (Å²) in [6, 6.07) is 17.7. The van der Waals surface area contributed by atoms with Crippen LogP contribution >= 0.6 is 11.6 Å². The van der Waals surface area contributed by atoms with E-state index in [1.165, 1.54) is 18.1 Å². The second-order valence-electron chi connectivity index (χ2n) is 7.95. The van der Waals surface area contributed by atoms with E-state index in [0.717, 1.165) is 0 Å². The fraction of sp³-hybridized carbons (Fsp3) is 0.214. The molecule has 1 N–H and O–H groups in total. The first-order valence-electron chi connectivity index (χ1n) is 11.5. The number of carbonyl (C=O) groups is 2. The number of methoxy groups -OCH3 is 1. The van der Waals surface area contributed by atoms with Gasteiger partial charge in [-0.3, -0.25) is 14.5 Å². The number of ether oxygens (including phenoxy) is 3. The van der Waals surface area contributed by atoms with Crippen molar-refractivity contribution in [2.45, 2.75) is 19.9 Å². The number of anilines is 1. The zero-order valence-electron chi connectivity index (χ0n) is 20.2. The Morgan fingerprint density at radius 1 is 0.917 bits per heavy atom. The maximum atomic E-state index is 13.4. The molecule has 186 valence electrons. The molecule has 1 unspecified atom stereocenters. The smallest absolute Gasteiger partial charge is 0.300 e. The molecular weight excluding hydrogens is 482 g/mol. The molecule has 0 aromatic heterocycles. The van der Waals surface area contributed by atoms with Crippen molar-refractivity contribution in [3.8, 4) is 17.2 Å². The summed E-state index contributed by atoms with van der Waals surface area (Å²) < 4.78 is 16.4. The van der Waals surface area contributed by atoms with Crippen LogP contribution in [0.1, 0.15) is 31.0 Å². The second kappa shape index (κ2) is 10.7. The van der Waals surface area contributed by atoms with Crippen LogP contribution in [-0.2, 0) is 9.59 Å². The molecular formula is C28H26ClNO6. The first-order valence-corrected chi connectivity index (χ1v) is 11.9. The number of hydrogen-bond acceptors (Lipinski definition) is 6. The Balaban J connectivity index is 1.93. The molecule has 1 heterocycles. The molecule has 7 nitrogen and oxygen atoms in total. The summed E-state index contributed by atoms with van der Waals surface area (Å²) in [5, 5.41) is 11.6. The van der Waals surface area contributed by atoms with Crippen LogP contribution in [0, 0.1) is 0 Å². The van der Waals surface area contributed by atoms with Gasteiger partial charge in [-0.05, 0) is 74.0 Å². The van der Waals surface area contributed by atoms with E-state index in [1.807, 2.05) is 13.8 Å². The Bertz CT molecular complexity index is 1320. The van der Waals surface area contributed by atoms with Crippen molar-refractivity contribution >= 4 is 34.7 Å².